The van der Waals surface area contributed by atoms with Crippen LogP contribution >= 0.6 is 39.0 Å². The fraction of sp³-hybridized carbons (Fsp3) is 0.250. The first-order valence-electron chi connectivity index (χ1n) is 6.76. The second-order valence-corrected chi connectivity index (χ2v) is 8.00. The Hall–Kier alpha value is -0.910. The van der Waals surface area contributed by atoms with E-state index in [-0.39, 0.29) is 0 Å². The van der Waals surface area contributed by atoms with Crippen LogP contribution in [-0.2, 0) is 0 Å². The van der Waals surface area contributed by atoms with E-state index in [2.05, 4.69) is 69.4 Å². The number of thioether (sulfide) groups is 1. The average Bonchev–Trinajstić information content (AvgIpc) is 2.90. The van der Waals surface area contributed by atoms with E-state index in [0.717, 1.165) is 20.1 Å². The molecular formula is C16H15BrN2S2. The Balaban J connectivity index is 2.08. The molecule has 0 fully saturated rings. The molecule has 0 amide bonds. The third-order valence-corrected chi connectivity index (χ3v) is 5.88. The molecule has 0 saturated heterocycles. The SMILES string of the molecule is CC(C)CSc1ncnc2scc(-c3ccc(Br)cc3)c12. The lowest BCUT2D eigenvalue weighted by Crippen LogP contribution is -1.93. The molecule has 0 aliphatic rings. The smallest absolute Gasteiger partial charge is 0.128 e. The van der Waals surface area contributed by atoms with Gasteiger partial charge in [0.15, 0.2) is 0 Å². The molecule has 21 heavy (non-hydrogen) atoms. The van der Waals surface area contributed by atoms with Crippen LogP contribution in [0.1, 0.15) is 13.8 Å². The van der Waals surface area contributed by atoms with Crippen molar-refractivity contribution in [1.29, 1.82) is 0 Å². The summed E-state index contributed by atoms with van der Waals surface area (Å²) in [5.41, 5.74) is 2.44. The molecule has 0 unspecified atom stereocenters. The topological polar surface area (TPSA) is 25.8 Å². The summed E-state index contributed by atoms with van der Waals surface area (Å²) in [6.07, 6.45) is 1.67. The summed E-state index contributed by atoms with van der Waals surface area (Å²) >= 11 is 6.99. The molecule has 0 bridgehead atoms. The first-order valence-corrected chi connectivity index (χ1v) is 9.42. The van der Waals surface area contributed by atoms with Crippen LogP contribution in [0.15, 0.2) is 45.5 Å². The number of rotatable bonds is 4. The van der Waals surface area contributed by atoms with E-state index in [9.17, 15) is 0 Å². The van der Waals surface area contributed by atoms with Crippen molar-refractivity contribution in [3.8, 4) is 11.1 Å². The van der Waals surface area contributed by atoms with Gasteiger partial charge in [-0.2, -0.15) is 0 Å². The van der Waals surface area contributed by atoms with Crippen molar-refractivity contribution < 1.29 is 0 Å². The third-order valence-electron chi connectivity index (χ3n) is 3.04. The van der Waals surface area contributed by atoms with Crippen molar-refractivity contribution in [2.75, 3.05) is 5.75 Å². The van der Waals surface area contributed by atoms with Gasteiger partial charge in [0, 0.05) is 21.2 Å². The summed E-state index contributed by atoms with van der Waals surface area (Å²) in [7, 11) is 0. The van der Waals surface area contributed by atoms with Gasteiger partial charge in [-0.15, -0.1) is 23.1 Å². The first-order chi connectivity index (χ1) is 10.1. The van der Waals surface area contributed by atoms with Crippen molar-refractivity contribution in [2.45, 2.75) is 18.9 Å². The van der Waals surface area contributed by atoms with Gasteiger partial charge in [0.05, 0.1) is 5.39 Å². The molecule has 1 aromatic carbocycles. The van der Waals surface area contributed by atoms with Gasteiger partial charge >= 0.3 is 0 Å². The van der Waals surface area contributed by atoms with E-state index >= 15 is 0 Å². The summed E-state index contributed by atoms with van der Waals surface area (Å²) in [4.78, 5) is 9.99. The predicted molar refractivity (Wildman–Crippen MR) is 96.1 cm³/mol. The Morgan fingerprint density at radius 3 is 2.67 bits per heavy atom. The van der Waals surface area contributed by atoms with Gasteiger partial charge < -0.3 is 0 Å². The van der Waals surface area contributed by atoms with E-state index in [4.69, 9.17) is 0 Å². The quantitative estimate of drug-likeness (QED) is 0.419. The van der Waals surface area contributed by atoms with Crippen molar-refractivity contribution in [2.24, 2.45) is 5.92 Å². The minimum absolute atomic E-state index is 0.648. The number of halogens is 1. The number of aromatic nitrogens is 2. The Labute approximate surface area is 141 Å². The Morgan fingerprint density at radius 2 is 1.95 bits per heavy atom. The lowest BCUT2D eigenvalue weighted by molar-refractivity contribution is 0.749. The molecule has 0 saturated carbocycles. The van der Waals surface area contributed by atoms with Crippen molar-refractivity contribution >= 4 is 49.2 Å². The van der Waals surface area contributed by atoms with Gasteiger partial charge in [0.25, 0.3) is 0 Å². The van der Waals surface area contributed by atoms with Gasteiger partial charge in [-0.3, -0.25) is 0 Å². The molecular weight excluding hydrogens is 364 g/mol. The highest BCUT2D eigenvalue weighted by Crippen LogP contribution is 2.38. The summed E-state index contributed by atoms with van der Waals surface area (Å²) in [6.45, 7) is 4.46. The molecule has 5 heteroatoms. The van der Waals surface area contributed by atoms with Crippen LogP contribution in [0.3, 0.4) is 0 Å². The summed E-state index contributed by atoms with van der Waals surface area (Å²) in [5, 5.41) is 4.46. The minimum atomic E-state index is 0.648. The molecule has 2 aromatic heterocycles. The van der Waals surface area contributed by atoms with Gasteiger partial charge in [0.2, 0.25) is 0 Å². The third kappa shape index (κ3) is 3.30. The number of nitrogens with zero attached hydrogens (tertiary/aromatic N) is 2. The normalized spacial score (nSPS) is 11.4. The molecule has 0 aliphatic carbocycles. The molecule has 0 N–H and O–H groups in total. The van der Waals surface area contributed by atoms with Crippen molar-refractivity contribution in [3.05, 3.63) is 40.4 Å². The van der Waals surface area contributed by atoms with Gasteiger partial charge in [-0.05, 0) is 23.6 Å². The standard InChI is InChI=1S/C16H15BrN2S2/c1-10(2)7-20-15-14-13(8-21-16(14)19-9-18-15)11-3-5-12(17)6-4-11/h3-6,8-10H,7H2,1-2H3. The molecule has 2 nitrogen and oxygen atoms in total. The molecule has 0 spiro atoms. The molecule has 3 rings (SSSR count). The molecule has 0 aliphatic heterocycles. The van der Waals surface area contributed by atoms with Crippen LogP contribution in [0.25, 0.3) is 21.3 Å². The highest BCUT2D eigenvalue weighted by atomic mass is 79.9. The number of fused-ring (bicyclic) bond motifs is 1. The highest BCUT2D eigenvalue weighted by Gasteiger charge is 2.13. The van der Waals surface area contributed by atoms with E-state index < -0.39 is 0 Å². The maximum Gasteiger partial charge on any atom is 0.128 e. The number of thiophene rings is 1. The van der Waals surface area contributed by atoms with Crippen LogP contribution in [-0.4, -0.2) is 15.7 Å². The first kappa shape index (κ1) is 15.0. The zero-order valence-electron chi connectivity index (χ0n) is 11.8. The Bertz CT molecular complexity index is 751. The van der Waals surface area contributed by atoms with E-state index in [0.29, 0.717) is 5.92 Å². The fourth-order valence-corrected chi connectivity index (χ4v) is 4.25. The minimum Gasteiger partial charge on any atom is -0.229 e. The highest BCUT2D eigenvalue weighted by molar-refractivity contribution is 9.10. The molecule has 108 valence electrons. The van der Waals surface area contributed by atoms with Gasteiger partial charge in [-0.1, -0.05) is 41.9 Å². The average molecular weight is 379 g/mol. The van der Waals surface area contributed by atoms with E-state index in [1.165, 1.54) is 16.5 Å². The zero-order chi connectivity index (χ0) is 14.8. The van der Waals surface area contributed by atoms with E-state index in [1.807, 2.05) is 11.8 Å². The van der Waals surface area contributed by atoms with Gasteiger partial charge in [-0.25, -0.2) is 9.97 Å². The van der Waals surface area contributed by atoms with Crippen molar-refractivity contribution in [1.82, 2.24) is 9.97 Å². The lowest BCUT2D eigenvalue weighted by atomic mass is 10.1. The molecule has 2 heterocycles. The van der Waals surface area contributed by atoms with Crippen LogP contribution in [0.5, 0.6) is 0 Å². The largest absolute Gasteiger partial charge is 0.229 e. The maximum absolute atomic E-state index is 4.50. The number of hydrogen-bond donors (Lipinski definition) is 0. The Kier molecular flexibility index (Phi) is 4.62. The monoisotopic (exact) mass is 378 g/mol. The fourth-order valence-electron chi connectivity index (χ4n) is 2.04. The van der Waals surface area contributed by atoms with Gasteiger partial charge in [0.1, 0.15) is 16.2 Å². The summed E-state index contributed by atoms with van der Waals surface area (Å²) in [6, 6.07) is 8.41. The number of benzene rings is 1. The zero-order valence-corrected chi connectivity index (χ0v) is 15.1. The van der Waals surface area contributed by atoms with Crippen molar-refractivity contribution in [3.63, 3.8) is 0 Å². The molecule has 0 atom stereocenters. The van der Waals surface area contributed by atoms with Crippen LogP contribution in [0.2, 0.25) is 0 Å². The Morgan fingerprint density at radius 1 is 1.19 bits per heavy atom. The van der Waals surface area contributed by atoms with Crippen LogP contribution in [0, 0.1) is 5.92 Å². The van der Waals surface area contributed by atoms with E-state index in [1.54, 1.807) is 17.7 Å². The summed E-state index contributed by atoms with van der Waals surface area (Å²) in [5.74, 6) is 1.72. The lowest BCUT2D eigenvalue weighted by Gasteiger charge is -2.07. The van der Waals surface area contributed by atoms with Crippen LogP contribution in [0.4, 0.5) is 0 Å². The maximum atomic E-state index is 4.50. The molecule has 0 radical (unpaired) electrons. The predicted octanol–water partition coefficient (Wildman–Crippen LogP) is 5.87. The second-order valence-electron chi connectivity index (χ2n) is 5.22. The second kappa shape index (κ2) is 6.46. The van der Waals surface area contributed by atoms with Crippen LogP contribution < -0.4 is 0 Å². The molecule has 3 aromatic rings. The number of hydrogen-bond acceptors (Lipinski definition) is 4. The summed E-state index contributed by atoms with van der Waals surface area (Å²) < 4.78 is 1.09.